The molecular formula is C21H23NO3. The molecule has 0 aromatic heterocycles. The highest BCUT2D eigenvalue weighted by Gasteiger charge is 2.25. The molecule has 4 heteroatoms. The van der Waals surface area contributed by atoms with E-state index in [0.717, 1.165) is 22.6 Å². The molecule has 0 spiro atoms. The summed E-state index contributed by atoms with van der Waals surface area (Å²) < 4.78 is 11.6. The molecule has 2 aromatic carbocycles. The van der Waals surface area contributed by atoms with Gasteiger partial charge in [0, 0.05) is 17.3 Å². The maximum absolute atomic E-state index is 12.1. The zero-order chi connectivity index (χ0) is 18.0. The van der Waals surface area contributed by atoms with Crippen molar-refractivity contribution in [3.05, 3.63) is 59.7 Å². The van der Waals surface area contributed by atoms with Crippen LogP contribution in [0.1, 0.15) is 31.9 Å². The highest BCUT2D eigenvalue weighted by atomic mass is 16.5. The smallest absolute Gasteiger partial charge is 0.262 e. The lowest BCUT2D eigenvalue weighted by Gasteiger charge is -2.30. The number of rotatable bonds is 4. The number of amides is 1. The van der Waals surface area contributed by atoms with Gasteiger partial charge in [-0.2, -0.15) is 0 Å². The SMILES string of the molecule is CC1=CC(C)(C)Oc2cc(OCC(=O)Nc3ccccc3C)ccc21. The van der Waals surface area contributed by atoms with E-state index < -0.39 is 0 Å². The quantitative estimate of drug-likeness (QED) is 0.888. The van der Waals surface area contributed by atoms with Crippen LogP contribution in [0.3, 0.4) is 0 Å². The second-order valence-electron chi connectivity index (χ2n) is 6.84. The van der Waals surface area contributed by atoms with Crippen molar-refractivity contribution < 1.29 is 14.3 Å². The van der Waals surface area contributed by atoms with Crippen molar-refractivity contribution in [2.45, 2.75) is 33.3 Å². The minimum atomic E-state index is -0.349. The molecule has 0 saturated heterocycles. The minimum absolute atomic E-state index is 0.0503. The Morgan fingerprint density at radius 2 is 1.92 bits per heavy atom. The lowest BCUT2D eigenvalue weighted by molar-refractivity contribution is -0.118. The number of hydrogen-bond acceptors (Lipinski definition) is 3. The molecule has 0 unspecified atom stereocenters. The highest BCUT2D eigenvalue weighted by molar-refractivity contribution is 5.92. The van der Waals surface area contributed by atoms with E-state index in [1.54, 1.807) is 0 Å². The second kappa shape index (κ2) is 6.63. The summed E-state index contributed by atoms with van der Waals surface area (Å²) in [4.78, 5) is 12.1. The van der Waals surface area contributed by atoms with E-state index >= 15 is 0 Å². The highest BCUT2D eigenvalue weighted by Crippen LogP contribution is 2.37. The van der Waals surface area contributed by atoms with Gasteiger partial charge in [-0.3, -0.25) is 4.79 Å². The first kappa shape index (κ1) is 17.1. The minimum Gasteiger partial charge on any atom is -0.484 e. The molecule has 0 radical (unpaired) electrons. The summed E-state index contributed by atoms with van der Waals surface area (Å²) in [5.74, 6) is 1.20. The van der Waals surface area contributed by atoms with E-state index in [4.69, 9.17) is 9.47 Å². The Morgan fingerprint density at radius 3 is 2.68 bits per heavy atom. The van der Waals surface area contributed by atoms with Crippen LogP contribution in [0.2, 0.25) is 0 Å². The van der Waals surface area contributed by atoms with Gasteiger partial charge >= 0.3 is 0 Å². The van der Waals surface area contributed by atoms with E-state index in [2.05, 4.69) is 18.3 Å². The second-order valence-corrected chi connectivity index (χ2v) is 6.84. The summed E-state index contributed by atoms with van der Waals surface area (Å²) in [5, 5.41) is 2.86. The molecule has 1 aliphatic heterocycles. The standard InChI is InChI=1S/C21H23NO3/c1-14-7-5-6-8-18(14)22-20(23)13-24-16-9-10-17-15(2)12-21(3,4)25-19(17)11-16/h5-12H,13H2,1-4H3,(H,22,23). The summed E-state index contributed by atoms with van der Waals surface area (Å²) in [6.07, 6.45) is 2.10. The number of hydrogen-bond donors (Lipinski definition) is 1. The first-order valence-corrected chi connectivity index (χ1v) is 8.35. The molecular weight excluding hydrogens is 314 g/mol. The number of allylic oxidation sites excluding steroid dienone is 1. The third kappa shape index (κ3) is 4.02. The fourth-order valence-corrected chi connectivity index (χ4v) is 2.96. The maximum atomic E-state index is 12.1. The molecule has 2 aromatic rings. The molecule has 25 heavy (non-hydrogen) atoms. The van der Waals surface area contributed by atoms with Gasteiger partial charge < -0.3 is 14.8 Å². The Kier molecular flexibility index (Phi) is 4.53. The molecule has 1 aliphatic rings. The molecule has 0 bridgehead atoms. The first-order valence-electron chi connectivity index (χ1n) is 8.35. The van der Waals surface area contributed by atoms with Gasteiger partial charge in [0.25, 0.3) is 5.91 Å². The van der Waals surface area contributed by atoms with Gasteiger partial charge in [-0.25, -0.2) is 0 Å². The van der Waals surface area contributed by atoms with Crippen LogP contribution in [0.15, 0.2) is 48.5 Å². The van der Waals surface area contributed by atoms with Crippen molar-refractivity contribution in [2.24, 2.45) is 0 Å². The molecule has 1 heterocycles. The van der Waals surface area contributed by atoms with Gasteiger partial charge in [0.2, 0.25) is 0 Å². The number of nitrogens with one attached hydrogen (secondary N) is 1. The predicted octanol–water partition coefficient (Wildman–Crippen LogP) is 4.59. The number of aryl methyl sites for hydroxylation is 1. The molecule has 3 rings (SSSR count). The van der Waals surface area contributed by atoms with E-state index in [-0.39, 0.29) is 18.1 Å². The van der Waals surface area contributed by atoms with E-state index in [1.165, 1.54) is 5.57 Å². The topological polar surface area (TPSA) is 47.6 Å². The summed E-state index contributed by atoms with van der Waals surface area (Å²) in [7, 11) is 0. The molecule has 0 fully saturated rings. The number of carbonyl (C=O) groups is 1. The van der Waals surface area contributed by atoms with Crippen LogP contribution in [0, 0.1) is 6.92 Å². The molecule has 130 valence electrons. The van der Waals surface area contributed by atoms with Crippen LogP contribution in [0.5, 0.6) is 11.5 Å². The number of benzene rings is 2. The van der Waals surface area contributed by atoms with E-state index in [9.17, 15) is 4.79 Å². The molecule has 4 nitrogen and oxygen atoms in total. The van der Waals surface area contributed by atoms with Gasteiger partial charge in [0.05, 0.1) is 0 Å². The number of fused-ring (bicyclic) bond motifs is 1. The monoisotopic (exact) mass is 337 g/mol. The maximum Gasteiger partial charge on any atom is 0.262 e. The van der Waals surface area contributed by atoms with Crippen molar-refractivity contribution in [2.75, 3.05) is 11.9 Å². The van der Waals surface area contributed by atoms with Crippen LogP contribution in [-0.2, 0) is 4.79 Å². The van der Waals surface area contributed by atoms with Gasteiger partial charge in [-0.1, -0.05) is 18.2 Å². The molecule has 0 aliphatic carbocycles. The molecule has 0 atom stereocenters. The Balaban J connectivity index is 1.66. The summed E-state index contributed by atoms with van der Waals surface area (Å²) in [6, 6.07) is 13.3. The lowest BCUT2D eigenvalue weighted by Crippen LogP contribution is -2.28. The van der Waals surface area contributed by atoms with E-state index in [0.29, 0.717) is 5.75 Å². The summed E-state index contributed by atoms with van der Waals surface area (Å²) in [6.45, 7) is 8.00. The average Bonchev–Trinajstić information content (AvgIpc) is 2.53. The third-order valence-electron chi connectivity index (χ3n) is 4.10. The predicted molar refractivity (Wildman–Crippen MR) is 100 cm³/mol. The van der Waals surface area contributed by atoms with Gasteiger partial charge in [0.15, 0.2) is 6.61 Å². The van der Waals surface area contributed by atoms with Crippen LogP contribution >= 0.6 is 0 Å². The van der Waals surface area contributed by atoms with Crippen molar-refractivity contribution in [3.63, 3.8) is 0 Å². The van der Waals surface area contributed by atoms with Crippen LogP contribution < -0.4 is 14.8 Å². The van der Waals surface area contributed by atoms with Gasteiger partial charge in [0.1, 0.15) is 17.1 Å². The van der Waals surface area contributed by atoms with Gasteiger partial charge in [-0.15, -0.1) is 0 Å². The number of anilines is 1. The molecule has 1 amide bonds. The zero-order valence-electron chi connectivity index (χ0n) is 15.1. The summed E-state index contributed by atoms with van der Waals surface area (Å²) in [5.41, 5.74) is 3.69. The Labute approximate surface area is 148 Å². The van der Waals surface area contributed by atoms with Crippen molar-refractivity contribution >= 4 is 17.2 Å². The van der Waals surface area contributed by atoms with Gasteiger partial charge in [-0.05, 0) is 63.1 Å². The lowest BCUT2D eigenvalue weighted by atomic mass is 9.96. The average molecular weight is 337 g/mol. The van der Waals surface area contributed by atoms with E-state index in [1.807, 2.05) is 63.2 Å². The van der Waals surface area contributed by atoms with Crippen molar-refractivity contribution in [1.29, 1.82) is 0 Å². The largest absolute Gasteiger partial charge is 0.484 e. The fraction of sp³-hybridized carbons (Fsp3) is 0.286. The number of ether oxygens (including phenoxy) is 2. The third-order valence-corrected chi connectivity index (χ3v) is 4.10. The molecule has 0 saturated carbocycles. The normalized spacial score (nSPS) is 14.8. The number of para-hydroxylation sites is 1. The zero-order valence-corrected chi connectivity index (χ0v) is 15.1. The number of carbonyl (C=O) groups excluding carboxylic acids is 1. The van der Waals surface area contributed by atoms with Crippen LogP contribution in [-0.4, -0.2) is 18.1 Å². The fourth-order valence-electron chi connectivity index (χ4n) is 2.96. The molecule has 1 N–H and O–H groups in total. The van der Waals surface area contributed by atoms with Crippen LogP contribution in [0.4, 0.5) is 5.69 Å². The Hall–Kier alpha value is -2.75. The van der Waals surface area contributed by atoms with Crippen molar-refractivity contribution in [1.82, 2.24) is 0 Å². The Morgan fingerprint density at radius 1 is 1.16 bits per heavy atom. The first-order chi connectivity index (χ1) is 11.8. The van der Waals surface area contributed by atoms with Crippen molar-refractivity contribution in [3.8, 4) is 11.5 Å². The van der Waals surface area contributed by atoms with Crippen LogP contribution in [0.25, 0.3) is 5.57 Å². The summed E-state index contributed by atoms with van der Waals surface area (Å²) >= 11 is 0. The Bertz CT molecular complexity index is 837.